The Labute approximate surface area is 283 Å². The third kappa shape index (κ3) is 13.8. The summed E-state index contributed by atoms with van der Waals surface area (Å²) in [4.78, 5) is 36.7. The number of unbranched alkanes of at least 4 members (excludes halogenated alkanes) is 3. The Morgan fingerprint density at radius 3 is 2.17 bits per heavy atom. The molecule has 0 N–H and O–H groups in total. The van der Waals surface area contributed by atoms with Crippen molar-refractivity contribution in [3.05, 3.63) is 69.9 Å². The van der Waals surface area contributed by atoms with Gasteiger partial charge in [-0.2, -0.15) is 11.3 Å². The number of ether oxygens (including phenoxy) is 5. The molecular weight excluding hydrogens is 616 g/mol. The molecule has 0 amide bonds. The standard InChI is InChI=1S/C38H50O8S/c1-6-42-35(39)17-13-22-45-34-16-12-15-28(33(34)18-19-36(40)43-7-2)14-10-8-9-11-21-44-32-25-30(29-20-23-47-27-29)24-31(26-32)37(41)46-38(3,4)5/h12,15-16,20,23-27H,6-11,13-14,17-19,21-22H2,1-5H3. The van der Waals surface area contributed by atoms with Crippen molar-refractivity contribution >= 4 is 29.2 Å². The first-order chi connectivity index (χ1) is 22.6. The van der Waals surface area contributed by atoms with Crippen molar-refractivity contribution in [1.29, 1.82) is 0 Å². The van der Waals surface area contributed by atoms with Gasteiger partial charge in [0, 0.05) is 12.8 Å². The molecule has 0 unspecified atom stereocenters. The maximum atomic E-state index is 12.8. The van der Waals surface area contributed by atoms with Gasteiger partial charge in [-0.15, -0.1) is 0 Å². The lowest BCUT2D eigenvalue weighted by molar-refractivity contribution is -0.144. The first-order valence-corrected chi connectivity index (χ1v) is 17.6. The number of carbonyl (C=O) groups excluding carboxylic acids is 3. The molecule has 0 atom stereocenters. The maximum absolute atomic E-state index is 12.8. The average Bonchev–Trinajstić information content (AvgIpc) is 3.57. The van der Waals surface area contributed by atoms with E-state index in [0.717, 1.165) is 60.1 Å². The number of esters is 3. The highest BCUT2D eigenvalue weighted by atomic mass is 32.1. The number of hydrogen-bond donors (Lipinski definition) is 0. The largest absolute Gasteiger partial charge is 0.494 e. The van der Waals surface area contributed by atoms with Crippen LogP contribution >= 0.6 is 11.3 Å². The van der Waals surface area contributed by atoms with Gasteiger partial charge in [0.1, 0.15) is 17.1 Å². The molecule has 0 saturated carbocycles. The van der Waals surface area contributed by atoms with E-state index in [-0.39, 0.29) is 24.3 Å². The SMILES string of the molecule is CCOC(=O)CCCOc1cccc(CCCCCCOc2cc(C(=O)OC(C)(C)C)cc(-c3ccsc3)c2)c1CCC(=O)OCC. The predicted molar refractivity (Wildman–Crippen MR) is 185 cm³/mol. The molecule has 1 aromatic heterocycles. The van der Waals surface area contributed by atoms with Crippen LogP contribution in [0, 0.1) is 0 Å². The molecule has 256 valence electrons. The molecular formula is C38H50O8S. The van der Waals surface area contributed by atoms with Gasteiger partial charge in [0.2, 0.25) is 0 Å². The van der Waals surface area contributed by atoms with E-state index in [9.17, 15) is 14.4 Å². The molecule has 0 aliphatic heterocycles. The van der Waals surface area contributed by atoms with Crippen LogP contribution in [0.1, 0.15) is 101 Å². The summed E-state index contributed by atoms with van der Waals surface area (Å²) in [6, 6.07) is 13.6. The molecule has 0 fully saturated rings. The van der Waals surface area contributed by atoms with Gasteiger partial charge in [0.15, 0.2) is 0 Å². The second kappa shape index (κ2) is 19.7. The number of hydrogen-bond acceptors (Lipinski definition) is 9. The van der Waals surface area contributed by atoms with E-state index in [0.29, 0.717) is 57.0 Å². The van der Waals surface area contributed by atoms with E-state index in [4.69, 9.17) is 23.7 Å². The summed E-state index contributed by atoms with van der Waals surface area (Å²) in [5, 5.41) is 4.06. The second-order valence-corrected chi connectivity index (χ2v) is 13.0. The van der Waals surface area contributed by atoms with Gasteiger partial charge in [0.05, 0.1) is 32.0 Å². The number of carbonyl (C=O) groups is 3. The minimum atomic E-state index is -0.585. The Kier molecular flexibility index (Phi) is 15.8. The van der Waals surface area contributed by atoms with E-state index in [1.54, 1.807) is 31.3 Å². The summed E-state index contributed by atoms with van der Waals surface area (Å²) in [5.41, 5.74) is 4.03. The van der Waals surface area contributed by atoms with E-state index in [2.05, 4.69) is 6.07 Å². The molecule has 0 bridgehead atoms. The molecule has 9 heteroatoms. The molecule has 0 spiro atoms. The van der Waals surface area contributed by atoms with Crippen LogP contribution in [0.2, 0.25) is 0 Å². The molecule has 3 rings (SSSR count). The zero-order valence-electron chi connectivity index (χ0n) is 28.6. The highest BCUT2D eigenvalue weighted by molar-refractivity contribution is 7.08. The van der Waals surface area contributed by atoms with Gasteiger partial charge in [0.25, 0.3) is 0 Å². The number of aryl methyl sites for hydroxylation is 1. The van der Waals surface area contributed by atoms with Crippen LogP contribution in [0.3, 0.4) is 0 Å². The zero-order valence-corrected chi connectivity index (χ0v) is 29.4. The monoisotopic (exact) mass is 666 g/mol. The first kappa shape index (κ1) is 37.6. The minimum absolute atomic E-state index is 0.227. The lowest BCUT2D eigenvalue weighted by Crippen LogP contribution is -2.23. The molecule has 8 nitrogen and oxygen atoms in total. The average molecular weight is 667 g/mol. The zero-order chi connectivity index (χ0) is 34.1. The maximum Gasteiger partial charge on any atom is 0.338 e. The molecule has 0 radical (unpaired) electrons. The third-order valence-corrected chi connectivity index (χ3v) is 7.89. The Hall–Kier alpha value is -3.85. The molecule has 0 aliphatic rings. The second-order valence-electron chi connectivity index (χ2n) is 12.2. The quantitative estimate of drug-likeness (QED) is 0.0671. The van der Waals surface area contributed by atoms with Crippen LogP contribution < -0.4 is 9.47 Å². The van der Waals surface area contributed by atoms with E-state index in [1.807, 2.05) is 61.9 Å². The predicted octanol–water partition coefficient (Wildman–Crippen LogP) is 8.77. The van der Waals surface area contributed by atoms with Crippen molar-refractivity contribution in [2.24, 2.45) is 0 Å². The van der Waals surface area contributed by atoms with E-state index >= 15 is 0 Å². The van der Waals surface area contributed by atoms with Gasteiger partial charge in [-0.3, -0.25) is 9.59 Å². The topological polar surface area (TPSA) is 97.4 Å². The summed E-state index contributed by atoms with van der Waals surface area (Å²) in [7, 11) is 0. The van der Waals surface area contributed by atoms with Crippen molar-refractivity contribution in [2.75, 3.05) is 26.4 Å². The van der Waals surface area contributed by atoms with Gasteiger partial charge in [-0.25, -0.2) is 4.79 Å². The van der Waals surface area contributed by atoms with Crippen molar-refractivity contribution < 1.29 is 38.1 Å². The molecule has 47 heavy (non-hydrogen) atoms. The van der Waals surface area contributed by atoms with Gasteiger partial charge in [-0.1, -0.05) is 25.0 Å². The van der Waals surface area contributed by atoms with Crippen LogP contribution in [0.25, 0.3) is 11.1 Å². The third-order valence-electron chi connectivity index (χ3n) is 7.21. The summed E-state index contributed by atoms with van der Waals surface area (Å²) in [6.45, 7) is 10.8. The lowest BCUT2D eigenvalue weighted by atomic mass is 9.96. The molecule has 0 saturated heterocycles. The van der Waals surface area contributed by atoms with Crippen LogP contribution in [-0.4, -0.2) is 49.9 Å². The number of rotatable bonds is 20. The molecule has 0 aliphatic carbocycles. The van der Waals surface area contributed by atoms with Crippen LogP contribution in [0.5, 0.6) is 11.5 Å². The van der Waals surface area contributed by atoms with Crippen molar-refractivity contribution in [2.45, 2.75) is 98.0 Å². The van der Waals surface area contributed by atoms with E-state index < -0.39 is 5.60 Å². The fourth-order valence-electron chi connectivity index (χ4n) is 5.05. The fraction of sp³-hybridized carbons (Fsp3) is 0.500. The Balaban J connectivity index is 1.53. The lowest BCUT2D eigenvalue weighted by Gasteiger charge is -2.20. The highest BCUT2D eigenvalue weighted by Crippen LogP contribution is 2.30. The normalized spacial score (nSPS) is 11.2. The highest BCUT2D eigenvalue weighted by Gasteiger charge is 2.20. The summed E-state index contributed by atoms with van der Waals surface area (Å²) >= 11 is 1.61. The van der Waals surface area contributed by atoms with Gasteiger partial charge in [-0.05, 0) is 130 Å². The Morgan fingerprint density at radius 2 is 1.47 bits per heavy atom. The Morgan fingerprint density at radius 1 is 0.745 bits per heavy atom. The van der Waals surface area contributed by atoms with Crippen LogP contribution in [0.4, 0.5) is 0 Å². The smallest absolute Gasteiger partial charge is 0.338 e. The van der Waals surface area contributed by atoms with Crippen molar-refractivity contribution in [1.82, 2.24) is 0 Å². The first-order valence-electron chi connectivity index (χ1n) is 16.7. The van der Waals surface area contributed by atoms with Gasteiger partial charge >= 0.3 is 17.9 Å². The summed E-state index contributed by atoms with van der Waals surface area (Å²) in [5.74, 6) is 0.580. The molecule has 2 aromatic carbocycles. The number of thiophene rings is 1. The summed E-state index contributed by atoms with van der Waals surface area (Å²) in [6.07, 6.45) is 6.41. The van der Waals surface area contributed by atoms with E-state index in [1.165, 1.54) is 0 Å². The fourth-order valence-corrected chi connectivity index (χ4v) is 5.72. The molecule has 3 aromatic rings. The van der Waals surface area contributed by atoms with Crippen molar-refractivity contribution in [3.63, 3.8) is 0 Å². The van der Waals surface area contributed by atoms with Gasteiger partial charge < -0.3 is 23.7 Å². The minimum Gasteiger partial charge on any atom is -0.494 e. The van der Waals surface area contributed by atoms with Crippen LogP contribution in [0.15, 0.2) is 53.2 Å². The molecule has 1 heterocycles. The number of benzene rings is 2. The van der Waals surface area contributed by atoms with Crippen LogP contribution in [-0.2, 0) is 36.6 Å². The van der Waals surface area contributed by atoms with Crippen molar-refractivity contribution in [3.8, 4) is 22.6 Å². The Bertz CT molecular complexity index is 1410. The summed E-state index contributed by atoms with van der Waals surface area (Å²) < 4.78 is 28.0.